The number of halogens is 2. The zero-order chi connectivity index (χ0) is 12.1. The third-order valence-electron chi connectivity index (χ3n) is 3.05. The quantitative estimate of drug-likeness (QED) is 0.819. The Labute approximate surface area is 95.1 Å². The van der Waals surface area contributed by atoms with Crippen LogP contribution in [0, 0.1) is 17.6 Å². The number of hydrogen-bond acceptors (Lipinski definition) is 1. The molecular formula is C13H18F2O. The average Bonchev–Trinajstić information content (AvgIpc) is 2.26. The van der Waals surface area contributed by atoms with Gasteiger partial charge in [0.25, 0.3) is 0 Å². The maximum atomic E-state index is 13.3. The fraction of sp³-hybridized carbons (Fsp3) is 0.538. The van der Waals surface area contributed by atoms with Crippen LogP contribution in [0.3, 0.4) is 0 Å². The molecule has 0 fully saturated rings. The summed E-state index contributed by atoms with van der Waals surface area (Å²) in [6, 6.07) is 4.07. The smallest absolute Gasteiger partial charge is 0.162 e. The predicted octanol–water partition coefficient (Wildman–Crippen LogP) is 3.30. The third-order valence-corrected chi connectivity index (χ3v) is 3.05. The van der Waals surface area contributed by atoms with E-state index in [1.54, 1.807) is 0 Å². The Kier molecular flexibility index (Phi) is 4.87. The van der Waals surface area contributed by atoms with Crippen LogP contribution in [-0.2, 0) is 6.42 Å². The Morgan fingerprint density at radius 3 is 2.38 bits per heavy atom. The number of benzene rings is 1. The standard InChI is InChI=1S/C13H18F2O/c1-3-9(4-2)12(16)8-10-6-5-7-11(14)13(10)15/h5-7,9,12,16H,3-4,8H2,1-2H3. The van der Waals surface area contributed by atoms with Gasteiger partial charge in [-0.2, -0.15) is 0 Å². The van der Waals surface area contributed by atoms with Crippen LogP contribution >= 0.6 is 0 Å². The molecule has 0 spiro atoms. The molecule has 16 heavy (non-hydrogen) atoms. The van der Waals surface area contributed by atoms with Gasteiger partial charge in [-0.25, -0.2) is 8.78 Å². The molecule has 0 radical (unpaired) electrons. The Morgan fingerprint density at radius 1 is 1.19 bits per heavy atom. The van der Waals surface area contributed by atoms with E-state index in [1.807, 2.05) is 13.8 Å². The number of rotatable bonds is 5. The van der Waals surface area contributed by atoms with Crippen molar-refractivity contribution in [2.75, 3.05) is 0 Å². The van der Waals surface area contributed by atoms with Crippen molar-refractivity contribution >= 4 is 0 Å². The van der Waals surface area contributed by atoms with E-state index in [1.165, 1.54) is 12.1 Å². The highest BCUT2D eigenvalue weighted by Gasteiger charge is 2.18. The van der Waals surface area contributed by atoms with Gasteiger partial charge in [-0.15, -0.1) is 0 Å². The second kappa shape index (κ2) is 5.94. The minimum atomic E-state index is -0.853. The van der Waals surface area contributed by atoms with E-state index in [4.69, 9.17) is 0 Å². The van der Waals surface area contributed by atoms with E-state index in [0.717, 1.165) is 18.9 Å². The molecule has 0 aliphatic carbocycles. The number of aliphatic hydroxyl groups is 1. The van der Waals surface area contributed by atoms with Crippen LogP contribution in [0.4, 0.5) is 8.78 Å². The zero-order valence-corrected chi connectivity index (χ0v) is 9.71. The van der Waals surface area contributed by atoms with Gasteiger partial charge in [0.2, 0.25) is 0 Å². The van der Waals surface area contributed by atoms with Crippen molar-refractivity contribution in [3.63, 3.8) is 0 Å². The summed E-state index contributed by atoms with van der Waals surface area (Å²) in [5.41, 5.74) is 0.249. The average molecular weight is 228 g/mol. The van der Waals surface area contributed by atoms with Crippen molar-refractivity contribution in [2.24, 2.45) is 5.92 Å². The molecule has 0 bridgehead atoms. The molecule has 0 aliphatic rings. The lowest BCUT2D eigenvalue weighted by Crippen LogP contribution is -2.22. The van der Waals surface area contributed by atoms with Crippen molar-refractivity contribution in [3.05, 3.63) is 35.4 Å². The van der Waals surface area contributed by atoms with Gasteiger partial charge in [-0.1, -0.05) is 38.8 Å². The summed E-state index contributed by atoms with van der Waals surface area (Å²) in [6.45, 7) is 3.97. The maximum absolute atomic E-state index is 13.3. The normalized spacial score (nSPS) is 13.1. The lowest BCUT2D eigenvalue weighted by Gasteiger charge is -2.20. The first-order valence-electron chi connectivity index (χ1n) is 5.71. The highest BCUT2D eigenvalue weighted by molar-refractivity contribution is 5.19. The van der Waals surface area contributed by atoms with E-state index < -0.39 is 17.7 Å². The minimum absolute atomic E-state index is 0.141. The monoisotopic (exact) mass is 228 g/mol. The van der Waals surface area contributed by atoms with Crippen LogP contribution in [0.15, 0.2) is 18.2 Å². The molecule has 0 heterocycles. The Balaban J connectivity index is 2.76. The second-order valence-corrected chi connectivity index (χ2v) is 4.06. The van der Waals surface area contributed by atoms with Crippen LogP contribution in [0.1, 0.15) is 32.3 Å². The van der Waals surface area contributed by atoms with Crippen molar-refractivity contribution in [3.8, 4) is 0 Å². The molecule has 1 atom stereocenters. The molecule has 0 saturated heterocycles. The lowest BCUT2D eigenvalue weighted by atomic mass is 9.92. The van der Waals surface area contributed by atoms with Gasteiger partial charge in [0.05, 0.1) is 6.10 Å². The molecule has 0 aromatic heterocycles. The van der Waals surface area contributed by atoms with Gasteiger partial charge in [-0.3, -0.25) is 0 Å². The number of hydrogen-bond donors (Lipinski definition) is 1. The topological polar surface area (TPSA) is 20.2 Å². The first-order valence-corrected chi connectivity index (χ1v) is 5.71. The summed E-state index contributed by atoms with van der Waals surface area (Å²) < 4.78 is 26.3. The lowest BCUT2D eigenvalue weighted by molar-refractivity contribution is 0.102. The molecule has 0 aliphatic heterocycles. The molecule has 1 nitrogen and oxygen atoms in total. The Morgan fingerprint density at radius 2 is 1.81 bits per heavy atom. The van der Waals surface area contributed by atoms with Crippen LogP contribution < -0.4 is 0 Å². The minimum Gasteiger partial charge on any atom is -0.392 e. The Bertz CT molecular complexity index is 335. The zero-order valence-electron chi connectivity index (χ0n) is 9.71. The largest absolute Gasteiger partial charge is 0.392 e. The summed E-state index contributed by atoms with van der Waals surface area (Å²) in [5.74, 6) is -1.55. The van der Waals surface area contributed by atoms with Crippen molar-refractivity contribution in [1.29, 1.82) is 0 Å². The molecule has 3 heteroatoms. The van der Waals surface area contributed by atoms with Gasteiger partial charge in [0, 0.05) is 6.42 Å². The van der Waals surface area contributed by atoms with E-state index in [2.05, 4.69) is 0 Å². The second-order valence-electron chi connectivity index (χ2n) is 4.06. The Hall–Kier alpha value is -0.960. The molecule has 90 valence electrons. The summed E-state index contributed by atoms with van der Waals surface area (Å²) in [4.78, 5) is 0. The van der Waals surface area contributed by atoms with Gasteiger partial charge < -0.3 is 5.11 Å². The molecule has 1 rings (SSSR count). The molecule has 1 unspecified atom stereocenters. The first kappa shape index (κ1) is 13.1. The molecule has 1 N–H and O–H groups in total. The first-order chi connectivity index (χ1) is 7.60. The van der Waals surface area contributed by atoms with Crippen molar-refractivity contribution in [1.82, 2.24) is 0 Å². The SMILES string of the molecule is CCC(CC)C(O)Cc1cccc(F)c1F. The van der Waals surface area contributed by atoms with E-state index >= 15 is 0 Å². The van der Waals surface area contributed by atoms with Gasteiger partial charge in [0.15, 0.2) is 11.6 Å². The van der Waals surface area contributed by atoms with Crippen molar-refractivity contribution < 1.29 is 13.9 Å². The summed E-state index contributed by atoms with van der Waals surface area (Å²) in [5, 5.41) is 9.89. The van der Waals surface area contributed by atoms with Crippen molar-refractivity contribution in [2.45, 2.75) is 39.2 Å². The van der Waals surface area contributed by atoms with Crippen LogP contribution in [-0.4, -0.2) is 11.2 Å². The highest BCUT2D eigenvalue weighted by Crippen LogP contribution is 2.19. The maximum Gasteiger partial charge on any atom is 0.162 e. The van der Waals surface area contributed by atoms with Crippen LogP contribution in [0.25, 0.3) is 0 Å². The fourth-order valence-corrected chi connectivity index (χ4v) is 1.93. The highest BCUT2D eigenvalue weighted by atomic mass is 19.2. The van der Waals surface area contributed by atoms with Gasteiger partial charge in [-0.05, 0) is 17.5 Å². The van der Waals surface area contributed by atoms with Gasteiger partial charge >= 0.3 is 0 Å². The summed E-state index contributed by atoms with van der Waals surface area (Å²) >= 11 is 0. The molecular weight excluding hydrogens is 210 g/mol. The van der Waals surface area contributed by atoms with Crippen LogP contribution in [0.5, 0.6) is 0 Å². The number of aliphatic hydroxyl groups excluding tert-OH is 1. The molecule has 1 aromatic rings. The van der Waals surface area contributed by atoms with Gasteiger partial charge in [0.1, 0.15) is 0 Å². The summed E-state index contributed by atoms with van der Waals surface area (Å²) in [6.07, 6.45) is 1.25. The third kappa shape index (κ3) is 3.01. The molecule has 1 aromatic carbocycles. The fourth-order valence-electron chi connectivity index (χ4n) is 1.93. The van der Waals surface area contributed by atoms with E-state index in [0.29, 0.717) is 0 Å². The predicted molar refractivity (Wildman–Crippen MR) is 60.1 cm³/mol. The van der Waals surface area contributed by atoms with Crippen LogP contribution in [0.2, 0.25) is 0 Å². The van der Waals surface area contributed by atoms with E-state index in [9.17, 15) is 13.9 Å². The molecule has 0 saturated carbocycles. The molecule has 0 amide bonds. The summed E-state index contributed by atoms with van der Waals surface area (Å²) in [7, 11) is 0. The van der Waals surface area contributed by atoms with E-state index in [-0.39, 0.29) is 17.9 Å².